The molecule has 140 valence electrons. The molecular weight excluding hydrogens is 344 g/mol. The van der Waals surface area contributed by atoms with Gasteiger partial charge in [0.25, 0.3) is 11.1 Å². The maximum absolute atomic E-state index is 12.4. The zero-order valence-corrected chi connectivity index (χ0v) is 15.5. The quantitative estimate of drug-likeness (QED) is 0.531. The van der Waals surface area contributed by atoms with E-state index in [4.69, 9.17) is 0 Å². The van der Waals surface area contributed by atoms with Crippen LogP contribution >= 0.6 is 0 Å². The molecule has 0 unspecified atom stereocenters. The van der Waals surface area contributed by atoms with Gasteiger partial charge in [0.15, 0.2) is 0 Å². The number of rotatable bonds is 3. The molecule has 0 bridgehead atoms. The number of aromatic amines is 3. The smallest absolute Gasteiger partial charge is 0.272 e. The molecule has 2 heterocycles. The van der Waals surface area contributed by atoms with Crippen LogP contribution < -0.4 is 21.8 Å². The monoisotopic (exact) mass is 366 g/mol. The van der Waals surface area contributed by atoms with Crippen molar-refractivity contribution in [1.29, 1.82) is 0 Å². The Bertz CT molecular complexity index is 1190. The summed E-state index contributed by atoms with van der Waals surface area (Å²) in [6, 6.07) is 7.09. The predicted molar refractivity (Wildman–Crippen MR) is 104 cm³/mol. The van der Waals surface area contributed by atoms with Crippen LogP contribution in [0.1, 0.15) is 43.3 Å². The first kappa shape index (κ1) is 18.6. The van der Waals surface area contributed by atoms with Crippen LogP contribution in [-0.2, 0) is 12.0 Å². The van der Waals surface area contributed by atoms with Crippen molar-refractivity contribution in [2.75, 3.05) is 0 Å². The Morgan fingerprint density at radius 2 is 1.74 bits per heavy atom. The van der Waals surface area contributed by atoms with E-state index >= 15 is 0 Å². The Morgan fingerprint density at radius 1 is 1.07 bits per heavy atom. The number of hydrogen-bond donors (Lipinski definition) is 4. The molecule has 4 N–H and O–H groups in total. The fraction of sp³-hybridized carbons (Fsp3) is 0.250. The number of aromatic nitrogens is 4. The number of nitrogens with one attached hydrogen (secondary N) is 3. The molecule has 1 aromatic carbocycles. The summed E-state index contributed by atoms with van der Waals surface area (Å²) in [5.41, 5.74) is 1.91. The lowest BCUT2D eigenvalue weighted by Gasteiger charge is -2.16. The molecule has 7 nitrogen and oxygen atoms in total. The molecule has 0 atom stereocenters. The van der Waals surface area contributed by atoms with Gasteiger partial charge in [-0.1, -0.05) is 39.0 Å². The van der Waals surface area contributed by atoms with E-state index in [-0.39, 0.29) is 22.7 Å². The average Bonchev–Trinajstić information content (AvgIpc) is 3.08. The summed E-state index contributed by atoms with van der Waals surface area (Å²) < 4.78 is 0. The standard InChI is InChI=1S/C20H22N4O3/c1-20(2,3)17-14(21-11-22-17)9-16-19(27)23-15(18(26)24-16)8-12-5-4-6-13(7-12)10-25/h4-9,11,25H,10H2,1-3H3,(H,21,22)(H,23,27)(H,24,26)/b15-8-,16-9-. The van der Waals surface area contributed by atoms with Crippen molar-refractivity contribution < 1.29 is 5.11 Å². The second-order valence-electron chi connectivity index (χ2n) is 7.34. The van der Waals surface area contributed by atoms with E-state index in [1.54, 1.807) is 42.7 Å². The third-order valence-electron chi connectivity index (χ3n) is 4.13. The molecule has 0 saturated heterocycles. The maximum Gasteiger partial charge on any atom is 0.272 e. The van der Waals surface area contributed by atoms with Crippen LogP contribution in [-0.4, -0.2) is 25.0 Å². The lowest BCUT2D eigenvalue weighted by molar-refractivity contribution is 0.282. The summed E-state index contributed by atoms with van der Waals surface area (Å²) in [4.78, 5) is 37.4. The van der Waals surface area contributed by atoms with Crippen LogP contribution in [0.4, 0.5) is 0 Å². The maximum atomic E-state index is 12.4. The summed E-state index contributed by atoms with van der Waals surface area (Å²) in [6.45, 7) is 6.00. The van der Waals surface area contributed by atoms with Crippen LogP contribution in [0.25, 0.3) is 12.2 Å². The molecule has 7 heteroatoms. The van der Waals surface area contributed by atoms with E-state index in [0.29, 0.717) is 11.3 Å². The fourth-order valence-corrected chi connectivity index (χ4v) is 2.80. The predicted octanol–water partition coefficient (Wildman–Crippen LogP) is 0.234. The number of H-pyrrole nitrogens is 3. The second-order valence-corrected chi connectivity index (χ2v) is 7.34. The molecule has 0 aliphatic carbocycles. The van der Waals surface area contributed by atoms with E-state index in [0.717, 1.165) is 11.3 Å². The second kappa shape index (κ2) is 7.20. The fourth-order valence-electron chi connectivity index (χ4n) is 2.80. The number of nitrogens with zero attached hydrogens (tertiary/aromatic N) is 1. The van der Waals surface area contributed by atoms with Crippen molar-refractivity contribution in [3.63, 3.8) is 0 Å². The van der Waals surface area contributed by atoms with Crippen molar-refractivity contribution in [1.82, 2.24) is 19.9 Å². The topological polar surface area (TPSA) is 115 Å². The molecule has 0 spiro atoms. The molecule has 0 radical (unpaired) electrons. The van der Waals surface area contributed by atoms with Crippen LogP contribution in [0, 0.1) is 0 Å². The van der Waals surface area contributed by atoms with Gasteiger partial charge < -0.3 is 20.1 Å². The van der Waals surface area contributed by atoms with Gasteiger partial charge in [-0.3, -0.25) is 9.59 Å². The number of imidazole rings is 1. The number of aliphatic hydroxyl groups is 1. The van der Waals surface area contributed by atoms with E-state index < -0.39 is 11.1 Å². The minimum absolute atomic E-state index is 0.0950. The molecule has 0 aliphatic rings. The number of benzene rings is 1. The SMILES string of the molecule is CC(C)(C)c1[nH]cnc1/C=c1\[nH]c(=O)/c(=C/c2cccc(CO)c2)[nH]c1=O. The lowest BCUT2D eigenvalue weighted by Crippen LogP contribution is -2.46. The van der Waals surface area contributed by atoms with Gasteiger partial charge in [0.1, 0.15) is 10.7 Å². The van der Waals surface area contributed by atoms with Crippen molar-refractivity contribution in [2.45, 2.75) is 32.8 Å². The summed E-state index contributed by atoms with van der Waals surface area (Å²) in [7, 11) is 0. The summed E-state index contributed by atoms with van der Waals surface area (Å²) in [5.74, 6) is 0. The van der Waals surface area contributed by atoms with Crippen LogP contribution in [0.15, 0.2) is 40.2 Å². The van der Waals surface area contributed by atoms with Crippen LogP contribution in [0.3, 0.4) is 0 Å². The molecule has 0 aliphatic heterocycles. The van der Waals surface area contributed by atoms with E-state index in [9.17, 15) is 14.7 Å². The van der Waals surface area contributed by atoms with Crippen molar-refractivity contribution in [3.05, 3.63) is 84.5 Å². The molecular formula is C20H22N4O3. The van der Waals surface area contributed by atoms with Gasteiger partial charge in [-0.25, -0.2) is 4.98 Å². The van der Waals surface area contributed by atoms with Crippen molar-refractivity contribution in [3.8, 4) is 0 Å². The highest BCUT2D eigenvalue weighted by molar-refractivity contribution is 5.50. The highest BCUT2D eigenvalue weighted by Crippen LogP contribution is 2.22. The first-order chi connectivity index (χ1) is 12.8. The summed E-state index contributed by atoms with van der Waals surface area (Å²) in [6.07, 6.45) is 4.70. The molecule has 0 fully saturated rings. The third kappa shape index (κ3) is 4.15. The molecule has 3 rings (SSSR count). The van der Waals surface area contributed by atoms with Gasteiger partial charge in [-0.15, -0.1) is 0 Å². The zero-order chi connectivity index (χ0) is 19.6. The van der Waals surface area contributed by atoms with Crippen molar-refractivity contribution in [2.24, 2.45) is 0 Å². The van der Waals surface area contributed by atoms with Gasteiger partial charge >= 0.3 is 0 Å². The van der Waals surface area contributed by atoms with Gasteiger partial charge in [0.05, 0.1) is 18.6 Å². The van der Waals surface area contributed by atoms with E-state index in [1.807, 2.05) is 20.8 Å². The first-order valence-corrected chi connectivity index (χ1v) is 8.57. The highest BCUT2D eigenvalue weighted by Gasteiger charge is 2.19. The minimum atomic E-state index is -0.415. The van der Waals surface area contributed by atoms with Gasteiger partial charge in [0, 0.05) is 11.1 Å². The minimum Gasteiger partial charge on any atom is -0.392 e. The summed E-state index contributed by atoms with van der Waals surface area (Å²) in [5, 5.41) is 9.49. The van der Waals surface area contributed by atoms with Crippen LogP contribution in [0.2, 0.25) is 0 Å². The Balaban J connectivity index is 2.12. The van der Waals surface area contributed by atoms with Crippen LogP contribution in [0.5, 0.6) is 0 Å². The van der Waals surface area contributed by atoms with Crippen molar-refractivity contribution >= 4 is 12.2 Å². The number of aliphatic hydroxyl groups excluding tert-OH is 1. The first-order valence-electron chi connectivity index (χ1n) is 8.57. The Labute approximate surface area is 155 Å². The molecule has 27 heavy (non-hydrogen) atoms. The van der Waals surface area contributed by atoms with E-state index in [2.05, 4.69) is 19.9 Å². The lowest BCUT2D eigenvalue weighted by atomic mass is 9.90. The van der Waals surface area contributed by atoms with Gasteiger partial charge in [0.2, 0.25) is 0 Å². The molecule has 0 amide bonds. The highest BCUT2D eigenvalue weighted by atomic mass is 16.3. The number of hydrogen-bond acceptors (Lipinski definition) is 4. The molecule has 2 aromatic heterocycles. The van der Waals surface area contributed by atoms with E-state index in [1.165, 1.54) is 0 Å². The van der Waals surface area contributed by atoms with Gasteiger partial charge in [-0.05, 0) is 29.3 Å². The molecule has 3 aromatic rings. The average molecular weight is 366 g/mol. The largest absolute Gasteiger partial charge is 0.392 e. The summed E-state index contributed by atoms with van der Waals surface area (Å²) >= 11 is 0. The normalized spacial score (nSPS) is 13.3. The Hall–Kier alpha value is -3.19. The zero-order valence-electron chi connectivity index (χ0n) is 15.5. The third-order valence-corrected chi connectivity index (χ3v) is 4.13. The Morgan fingerprint density at radius 3 is 2.37 bits per heavy atom. The Kier molecular flexibility index (Phi) is 4.96. The molecule has 0 saturated carbocycles. The van der Waals surface area contributed by atoms with Gasteiger partial charge in [-0.2, -0.15) is 0 Å².